The summed E-state index contributed by atoms with van der Waals surface area (Å²) in [6.45, 7) is 3.47. The average molecular weight is 349 g/mol. The smallest absolute Gasteiger partial charge is 0.255 e. The fourth-order valence-electron chi connectivity index (χ4n) is 3.80. The summed E-state index contributed by atoms with van der Waals surface area (Å²) in [6, 6.07) is 18.3. The van der Waals surface area contributed by atoms with Crippen molar-refractivity contribution < 1.29 is 4.79 Å². The Balaban J connectivity index is 1.26. The van der Waals surface area contributed by atoms with Crippen molar-refractivity contribution in [2.24, 2.45) is 5.92 Å². The monoisotopic (exact) mass is 349 g/mol. The lowest BCUT2D eigenvalue weighted by atomic mass is 9.98. The van der Waals surface area contributed by atoms with E-state index >= 15 is 0 Å². The molecule has 26 heavy (non-hydrogen) atoms. The Bertz CT molecular complexity index is 723. The number of nitrogens with one attached hydrogen (secondary N) is 3. The van der Waals surface area contributed by atoms with Crippen LogP contribution in [0.1, 0.15) is 41.1 Å². The van der Waals surface area contributed by atoms with Crippen molar-refractivity contribution >= 4 is 11.6 Å². The second-order valence-electron chi connectivity index (χ2n) is 7.49. The van der Waals surface area contributed by atoms with Gasteiger partial charge in [0.15, 0.2) is 0 Å². The van der Waals surface area contributed by atoms with Crippen LogP contribution < -0.4 is 16.0 Å². The van der Waals surface area contributed by atoms with Crippen LogP contribution in [0.4, 0.5) is 5.69 Å². The van der Waals surface area contributed by atoms with Crippen LogP contribution in [0.15, 0.2) is 54.6 Å². The summed E-state index contributed by atoms with van der Waals surface area (Å²) in [5.74, 6) is 1.38. The Morgan fingerprint density at radius 3 is 2.46 bits per heavy atom. The normalized spacial score (nSPS) is 22.8. The lowest BCUT2D eigenvalue weighted by molar-refractivity contribution is 0.102. The number of anilines is 1. The molecule has 1 saturated carbocycles. The molecule has 0 spiro atoms. The Hall–Kier alpha value is -2.17. The Labute approximate surface area is 155 Å². The molecule has 136 valence electrons. The second-order valence-corrected chi connectivity index (χ2v) is 7.49. The highest BCUT2D eigenvalue weighted by atomic mass is 16.1. The molecule has 0 bridgehead atoms. The summed E-state index contributed by atoms with van der Waals surface area (Å²) < 4.78 is 0. The Morgan fingerprint density at radius 2 is 1.73 bits per heavy atom. The van der Waals surface area contributed by atoms with Gasteiger partial charge in [0.05, 0.1) is 0 Å². The third-order valence-corrected chi connectivity index (χ3v) is 5.55. The standard InChI is InChI=1S/C22H27N3O/c26-22(18-4-2-1-3-5-18)25-19-8-6-17(7-9-19)20-14-21(20)24-15-16-10-12-23-13-11-16/h1-9,16,20-21,23-24H,10-15H2,(H,25,26)/t20-,21+/m0/s1. The van der Waals surface area contributed by atoms with E-state index in [1.165, 1.54) is 24.8 Å². The number of hydrogen-bond acceptors (Lipinski definition) is 3. The van der Waals surface area contributed by atoms with E-state index in [1.807, 2.05) is 42.5 Å². The molecule has 0 aromatic heterocycles. The maximum absolute atomic E-state index is 12.2. The number of piperidine rings is 1. The van der Waals surface area contributed by atoms with Gasteiger partial charge in [-0.1, -0.05) is 30.3 Å². The quantitative estimate of drug-likeness (QED) is 0.749. The molecule has 2 fully saturated rings. The zero-order chi connectivity index (χ0) is 17.8. The molecule has 1 amide bonds. The van der Waals surface area contributed by atoms with E-state index in [9.17, 15) is 4.79 Å². The van der Waals surface area contributed by atoms with Crippen molar-refractivity contribution in [2.45, 2.75) is 31.2 Å². The van der Waals surface area contributed by atoms with E-state index in [1.54, 1.807) is 0 Å². The van der Waals surface area contributed by atoms with Gasteiger partial charge in [0, 0.05) is 23.2 Å². The molecule has 2 aliphatic rings. The van der Waals surface area contributed by atoms with E-state index < -0.39 is 0 Å². The summed E-state index contributed by atoms with van der Waals surface area (Å²) >= 11 is 0. The molecular formula is C22H27N3O. The Morgan fingerprint density at radius 1 is 1.00 bits per heavy atom. The van der Waals surface area contributed by atoms with Gasteiger partial charge < -0.3 is 16.0 Å². The summed E-state index contributed by atoms with van der Waals surface area (Å²) in [5.41, 5.74) is 2.90. The van der Waals surface area contributed by atoms with Crippen molar-refractivity contribution in [3.8, 4) is 0 Å². The zero-order valence-corrected chi connectivity index (χ0v) is 15.1. The van der Waals surface area contributed by atoms with Crippen molar-refractivity contribution in [1.29, 1.82) is 0 Å². The van der Waals surface area contributed by atoms with Crippen LogP contribution in [-0.4, -0.2) is 31.6 Å². The molecule has 4 heteroatoms. The molecule has 2 atom stereocenters. The van der Waals surface area contributed by atoms with E-state index in [4.69, 9.17) is 0 Å². The van der Waals surface area contributed by atoms with Crippen molar-refractivity contribution in [3.63, 3.8) is 0 Å². The first-order chi connectivity index (χ1) is 12.8. The first-order valence-corrected chi connectivity index (χ1v) is 9.70. The van der Waals surface area contributed by atoms with Crippen molar-refractivity contribution in [2.75, 3.05) is 25.0 Å². The van der Waals surface area contributed by atoms with Gasteiger partial charge in [-0.3, -0.25) is 4.79 Å². The molecule has 0 unspecified atom stereocenters. The first-order valence-electron chi connectivity index (χ1n) is 9.70. The summed E-state index contributed by atoms with van der Waals surface area (Å²) in [4.78, 5) is 12.2. The van der Waals surface area contributed by atoms with Gasteiger partial charge in [-0.2, -0.15) is 0 Å². The third-order valence-electron chi connectivity index (χ3n) is 5.55. The number of benzene rings is 2. The number of carbonyl (C=O) groups excluding carboxylic acids is 1. The van der Waals surface area contributed by atoms with Gasteiger partial charge in [-0.05, 0) is 74.6 Å². The lowest BCUT2D eigenvalue weighted by Gasteiger charge is -2.22. The fraction of sp³-hybridized carbons (Fsp3) is 0.409. The molecule has 2 aromatic carbocycles. The minimum atomic E-state index is -0.0636. The molecule has 1 heterocycles. The molecule has 3 N–H and O–H groups in total. The molecule has 1 aliphatic carbocycles. The number of rotatable bonds is 6. The van der Waals surface area contributed by atoms with Crippen LogP contribution >= 0.6 is 0 Å². The van der Waals surface area contributed by atoms with Crippen molar-refractivity contribution in [3.05, 3.63) is 65.7 Å². The highest BCUT2D eigenvalue weighted by Crippen LogP contribution is 2.41. The summed E-state index contributed by atoms with van der Waals surface area (Å²) in [6.07, 6.45) is 3.81. The second kappa shape index (κ2) is 8.02. The van der Waals surface area contributed by atoms with Gasteiger partial charge in [0.25, 0.3) is 5.91 Å². The van der Waals surface area contributed by atoms with Gasteiger partial charge in [0.1, 0.15) is 0 Å². The number of amides is 1. The van der Waals surface area contributed by atoms with Crippen LogP contribution in [0, 0.1) is 5.92 Å². The molecule has 4 nitrogen and oxygen atoms in total. The molecule has 2 aromatic rings. The molecule has 4 rings (SSSR count). The fourth-order valence-corrected chi connectivity index (χ4v) is 3.80. The molecule has 1 aliphatic heterocycles. The molecular weight excluding hydrogens is 322 g/mol. The van der Waals surface area contributed by atoms with Gasteiger partial charge in [0.2, 0.25) is 0 Å². The van der Waals surface area contributed by atoms with Gasteiger partial charge in [-0.25, -0.2) is 0 Å². The molecule has 1 saturated heterocycles. The lowest BCUT2D eigenvalue weighted by Crippen LogP contribution is -2.34. The Kier molecular flexibility index (Phi) is 5.32. The van der Waals surface area contributed by atoms with Crippen LogP contribution in [0.2, 0.25) is 0 Å². The topological polar surface area (TPSA) is 53.2 Å². The van der Waals surface area contributed by atoms with Gasteiger partial charge in [-0.15, -0.1) is 0 Å². The van der Waals surface area contributed by atoms with Crippen LogP contribution in [-0.2, 0) is 0 Å². The van der Waals surface area contributed by atoms with Crippen LogP contribution in [0.3, 0.4) is 0 Å². The predicted molar refractivity (Wildman–Crippen MR) is 106 cm³/mol. The van der Waals surface area contributed by atoms with Crippen LogP contribution in [0.25, 0.3) is 0 Å². The number of hydrogen-bond donors (Lipinski definition) is 3. The maximum atomic E-state index is 12.2. The SMILES string of the molecule is O=C(Nc1ccc([C@@H]2C[C@H]2NCC2CCNCC2)cc1)c1ccccc1. The van der Waals surface area contributed by atoms with Crippen molar-refractivity contribution in [1.82, 2.24) is 10.6 Å². The third kappa shape index (κ3) is 4.32. The zero-order valence-electron chi connectivity index (χ0n) is 15.1. The highest BCUT2D eigenvalue weighted by Gasteiger charge is 2.38. The number of carbonyl (C=O) groups is 1. The van der Waals surface area contributed by atoms with Crippen LogP contribution in [0.5, 0.6) is 0 Å². The van der Waals surface area contributed by atoms with E-state index in [-0.39, 0.29) is 5.91 Å². The average Bonchev–Trinajstić information content (AvgIpc) is 3.48. The van der Waals surface area contributed by atoms with E-state index in [2.05, 4.69) is 28.1 Å². The maximum Gasteiger partial charge on any atom is 0.255 e. The summed E-state index contributed by atoms with van der Waals surface area (Å²) in [5, 5.41) is 10.1. The van der Waals surface area contributed by atoms with E-state index in [0.29, 0.717) is 17.5 Å². The van der Waals surface area contributed by atoms with E-state index in [0.717, 1.165) is 31.2 Å². The predicted octanol–water partition coefficient (Wildman–Crippen LogP) is 3.38. The minimum Gasteiger partial charge on any atom is -0.322 e. The summed E-state index contributed by atoms with van der Waals surface area (Å²) in [7, 11) is 0. The molecule has 0 radical (unpaired) electrons. The highest BCUT2D eigenvalue weighted by molar-refractivity contribution is 6.04. The first kappa shape index (κ1) is 17.3. The largest absolute Gasteiger partial charge is 0.322 e. The van der Waals surface area contributed by atoms with Gasteiger partial charge >= 0.3 is 0 Å². The minimum absolute atomic E-state index is 0.0636.